The number of benzene rings is 2. The van der Waals surface area contributed by atoms with Crippen LogP contribution in [0.2, 0.25) is 36.3 Å². The van der Waals surface area contributed by atoms with Gasteiger partial charge in [0.1, 0.15) is 27.6 Å². The molecule has 2 aliphatic rings. The van der Waals surface area contributed by atoms with Crippen molar-refractivity contribution < 1.29 is 9.47 Å². The molecule has 0 saturated heterocycles. The number of H-pyrrole nitrogens is 2. The summed E-state index contributed by atoms with van der Waals surface area (Å²) in [5, 5.41) is 0. The van der Waals surface area contributed by atoms with Gasteiger partial charge >= 0.3 is 0 Å². The maximum absolute atomic E-state index is 6.28. The summed E-state index contributed by atoms with van der Waals surface area (Å²) in [6.07, 6.45) is 47.0. The SMILES string of the molecule is C=CCCCOc1ccc(-c2c3nc(c(C#C[Si](CCCCCC)(CCCCCC)CCCCCC)c4ccc([nH]4)c(-c4ccc(OCCCC=C)cc4)c4nc(c(C#C[Si](CCCCCC)(CCCCCC)CCCCCC)c5ccc2[nH]5)C=C4)C=C3)cc1. The van der Waals surface area contributed by atoms with Crippen molar-refractivity contribution in [1.82, 2.24) is 19.9 Å². The molecule has 0 spiro atoms. The molecule has 0 saturated carbocycles. The fourth-order valence-corrected chi connectivity index (χ4v) is 21.8. The van der Waals surface area contributed by atoms with E-state index in [4.69, 9.17) is 19.4 Å². The van der Waals surface area contributed by atoms with Gasteiger partial charge in [0.15, 0.2) is 0 Å². The molecule has 0 fully saturated rings. The van der Waals surface area contributed by atoms with Crippen LogP contribution in [0.5, 0.6) is 11.5 Å². The van der Waals surface area contributed by atoms with E-state index in [2.05, 4.69) is 185 Å². The molecule has 0 radical (unpaired) electrons. The van der Waals surface area contributed by atoms with E-state index < -0.39 is 16.1 Å². The van der Waals surface area contributed by atoms with Crippen LogP contribution in [-0.4, -0.2) is 49.3 Å². The Kier molecular flexibility index (Phi) is 31.5. The first-order valence-electron chi connectivity index (χ1n) is 36.2. The fourth-order valence-electron chi connectivity index (χ4n) is 13.2. The van der Waals surface area contributed by atoms with Crippen LogP contribution in [0.4, 0.5) is 0 Å². The molecule has 482 valence electrons. The third-order valence-electron chi connectivity index (χ3n) is 18.6. The van der Waals surface area contributed by atoms with Crippen LogP contribution >= 0.6 is 0 Å². The Balaban J connectivity index is 1.57. The molecule has 0 unspecified atom stereocenters. The zero-order valence-corrected chi connectivity index (χ0v) is 59.0. The number of hydrogen-bond acceptors (Lipinski definition) is 4. The van der Waals surface area contributed by atoms with Crippen LogP contribution in [0.3, 0.4) is 0 Å². The maximum atomic E-state index is 6.28. The zero-order chi connectivity index (χ0) is 63.5. The van der Waals surface area contributed by atoms with Crippen LogP contribution in [0.15, 0.2) is 98.1 Å². The molecule has 3 aromatic heterocycles. The van der Waals surface area contributed by atoms with E-state index in [-0.39, 0.29) is 0 Å². The van der Waals surface area contributed by atoms with Crippen molar-refractivity contribution >= 4 is 62.5 Å². The van der Waals surface area contributed by atoms with Gasteiger partial charge in [-0.25, -0.2) is 9.97 Å². The summed E-state index contributed by atoms with van der Waals surface area (Å²) in [4.78, 5) is 19.6. The van der Waals surface area contributed by atoms with Gasteiger partial charge in [-0.1, -0.05) is 244 Å². The first-order valence-corrected chi connectivity index (χ1v) is 41.4. The quantitative estimate of drug-likeness (QED) is 0.0173. The number of nitrogens with one attached hydrogen (secondary N) is 2. The molecule has 8 heteroatoms. The molecule has 8 bridgehead atoms. The Morgan fingerprint density at radius 2 is 0.667 bits per heavy atom. The number of nitrogens with zero attached hydrogens (tertiary/aromatic N) is 2. The number of ether oxygens (including phenoxy) is 2. The number of rotatable bonds is 42. The molecule has 5 heterocycles. The Morgan fingerprint density at radius 1 is 0.367 bits per heavy atom. The van der Waals surface area contributed by atoms with Crippen molar-refractivity contribution in [3.05, 3.63) is 132 Å². The first kappa shape index (κ1) is 71.1. The minimum absolute atomic E-state index is 0.644. The summed E-state index contributed by atoms with van der Waals surface area (Å²) in [5.74, 6) is 9.87. The topological polar surface area (TPSA) is 75.8 Å². The predicted molar refractivity (Wildman–Crippen MR) is 399 cm³/mol. The largest absolute Gasteiger partial charge is 0.494 e. The van der Waals surface area contributed by atoms with Crippen LogP contribution < -0.4 is 9.47 Å². The molecule has 6 nitrogen and oxygen atoms in total. The third-order valence-corrected chi connectivity index (χ3v) is 27.8. The zero-order valence-electron chi connectivity index (χ0n) is 57.0. The number of allylic oxidation sites excluding steroid dienone is 2. The first-order chi connectivity index (χ1) is 44.2. The van der Waals surface area contributed by atoms with Gasteiger partial charge in [0.05, 0.1) is 58.1 Å². The Bertz CT molecular complexity index is 3050. The van der Waals surface area contributed by atoms with E-state index in [1.54, 1.807) is 0 Å². The second-order valence-corrected chi connectivity index (χ2v) is 34.7. The normalized spacial score (nSPS) is 12.0. The van der Waals surface area contributed by atoms with E-state index >= 15 is 0 Å². The molecule has 0 atom stereocenters. The van der Waals surface area contributed by atoms with Gasteiger partial charge in [-0.15, -0.1) is 24.2 Å². The minimum Gasteiger partial charge on any atom is -0.494 e. The summed E-state index contributed by atoms with van der Waals surface area (Å²) in [6.45, 7) is 23.1. The number of aromatic nitrogens is 4. The Hall–Kier alpha value is -6.33. The molecule has 0 amide bonds. The van der Waals surface area contributed by atoms with Gasteiger partial charge in [-0.05, 0) is 146 Å². The number of hydrogen-bond donors (Lipinski definition) is 2. The summed E-state index contributed by atoms with van der Waals surface area (Å²) < 4.78 is 12.6. The summed E-state index contributed by atoms with van der Waals surface area (Å²) in [7, 11) is -4.17. The van der Waals surface area contributed by atoms with Crippen molar-refractivity contribution in [2.45, 2.75) is 258 Å². The number of unbranched alkanes of at least 4 members (excludes halogenated alkanes) is 20. The molecule has 0 aliphatic carbocycles. The van der Waals surface area contributed by atoms with Crippen LogP contribution in [0.25, 0.3) is 68.6 Å². The summed E-state index contributed by atoms with van der Waals surface area (Å²) in [5.41, 5.74) is 22.2. The van der Waals surface area contributed by atoms with E-state index in [0.29, 0.717) is 13.2 Å². The third kappa shape index (κ3) is 21.9. The van der Waals surface area contributed by atoms with E-state index in [1.165, 1.54) is 190 Å². The minimum atomic E-state index is -2.09. The number of fused-ring (bicyclic) bond motifs is 8. The molecule has 90 heavy (non-hydrogen) atoms. The standard InChI is InChI=1S/C82H114N4O2Si2/c1-9-17-25-33-59-89(60-34-26-18-10-2,61-35-27-19-11-3)65-55-71-73-47-51-77(83-73)81(67-39-43-69(44-40-67)87-57-31-23-15-7)79-53-49-75(85-79)72(56-66-90(62-36-28-20-12-4,63-37-29-21-13-5)64-38-30-22-14-6)76-50-54-80(86-76)82(78-52-48-74(71)84-78)68-41-45-70(46-42-68)88-58-32-24-16-8/h15-16,39-54,83,86H,7-14,17-38,57-64H2,1-6H3. The van der Waals surface area contributed by atoms with Crippen LogP contribution in [0.1, 0.15) is 255 Å². The van der Waals surface area contributed by atoms with E-state index in [9.17, 15) is 0 Å². The predicted octanol–water partition coefficient (Wildman–Crippen LogP) is 24.8. The van der Waals surface area contributed by atoms with E-state index in [1.807, 2.05) is 12.2 Å². The van der Waals surface area contributed by atoms with Crippen molar-refractivity contribution in [1.29, 1.82) is 0 Å². The Morgan fingerprint density at radius 3 is 0.967 bits per heavy atom. The molecule has 2 N–H and O–H groups in total. The molecule has 7 rings (SSSR count). The highest BCUT2D eigenvalue weighted by atomic mass is 28.3. The molecule has 5 aromatic rings. The van der Waals surface area contributed by atoms with Crippen molar-refractivity contribution in [3.63, 3.8) is 0 Å². The van der Waals surface area contributed by atoms with Gasteiger partial charge in [0, 0.05) is 22.2 Å². The van der Waals surface area contributed by atoms with Crippen LogP contribution in [-0.2, 0) is 0 Å². The lowest BCUT2D eigenvalue weighted by Crippen LogP contribution is -2.32. The van der Waals surface area contributed by atoms with Gasteiger partial charge in [-0.3, -0.25) is 0 Å². The molecular formula is C82H114N4O2Si2. The highest BCUT2D eigenvalue weighted by Gasteiger charge is 2.32. The lowest BCUT2D eigenvalue weighted by atomic mass is 10.0. The fraction of sp³-hybridized carbons (Fsp3) is 0.512. The Labute approximate surface area is 548 Å². The second kappa shape index (κ2) is 39.8. The van der Waals surface area contributed by atoms with Crippen molar-refractivity contribution in [2.75, 3.05) is 13.2 Å². The monoisotopic (exact) mass is 1240 g/mol. The van der Waals surface area contributed by atoms with Crippen molar-refractivity contribution in [2.24, 2.45) is 0 Å². The second-order valence-electron chi connectivity index (χ2n) is 26.0. The average molecular weight is 1240 g/mol. The smallest absolute Gasteiger partial charge is 0.138 e. The lowest BCUT2D eigenvalue weighted by Gasteiger charge is -2.27. The van der Waals surface area contributed by atoms with Gasteiger partial charge in [0.25, 0.3) is 0 Å². The number of aromatic amines is 2. The highest BCUT2D eigenvalue weighted by Crippen LogP contribution is 2.38. The highest BCUT2D eigenvalue weighted by molar-refractivity contribution is 6.87. The summed E-state index contributed by atoms with van der Waals surface area (Å²) >= 11 is 0. The summed E-state index contributed by atoms with van der Waals surface area (Å²) in [6, 6.07) is 33.9. The average Bonchev–Trinajstić information content (AvgIpc) is 2.49. The molecular weight excluding hydrogens is 1130 g/mol. The van der Waals surface area contributed by atoms with E-state index in [0.717, 1.165) is 115 Å². The molecule has 2 aromatic carbocycles. The van der Waals surface area contributed by atoms with Gasteiger partial charge < -0.3 is 19.4 Å². The maximum Gasteiger partial charge on any atom is 0.138 e. The molecule has 2 aliphatic heterocycles. The van der Waals surface area contributed by atoms with Gasteiger partial charge in [0.2, 0.25) is 0 Å². The van der Waals surface area contributed by atoms with Crippen LogP contribution in [0, 0.1) is 22.9 Å². The lowest BCUT2D eigenvalue weighted by molar-refractivity contribution is 0.312. The van der Waals surface area contributed by atoms with Crippen molar-refractivity contribution in [3.8, 4) is 56.7 Å². The van der Waals surface area contributed by atoms with Gasteiger partial charge in [-0.2, -0.15) is 0 Å².